The highest BCUT2D eigenvalue weighted by Crippen LogP contribution is 2.54. The number of rotatable bonds is 0. The van der Waals surface area contributed by atoms with E-state index in [2.05, 4.69) is 47.2 Å². The van der Waals surface area contributed by atoms with Gasteiger partial charge in [0.2, 0.25) is 0 Å². The van der Waals surface area contributed by atoms with Crippen LogP contribution in [0.1, 0.15) is 75.1 Å². The summed E-state index contributed by atoms with van der Waals surface area (Å²) in [6.07, 6.45) is 4.24. The molecule has 0 nitrogen and oxygen atoms in total. The van der Waals surface area contributed by atoms with Crippen LogP contribution in [0.5, 0.6) is 0 Å². The molecule has 2 unspecified atom stereocenters. The third kappa shape index (κ3) is 1.67. The highest BCUT2D eigenvalue weighted by atomic mass is 28.3. The predicted octanol–water partition coefficient (Wildman–Crippen LogP) is 5.13. The van der Waals surface area contributed by atoms with E-state index in [9.17, 15) is 0 Å². The number of aryl methyl sites for hydroxylation is 1. The first-order chi connectivity index (χ1) is 9.66. The zero-order chi connectivity index (χ0) is 15.2. The average molecular weight is 299 g/mol. The van der Waals surface area contributed by atoms with Gasteiger partial charge < -0.3 is 0 Å². The normalized spacial score (nSPS) is 34.7. The summed E-state index contributed by atoms with van der Waals surface area (Å²) in [4.78, 5) is 0. The van der Waals surface area contributed by atoms with E-state index < -0.39 is 8.07 Å². The van der Waals surface area contributed by atoms with E-state index in [4.69, 9.17) is 0 Å². The zero-order valence-corrected chi connectivity index (χ0v) is 15.7. The van der Waals surface area contributed by atoms with E-state index in [1.807, 2.05) is 10.8 Å². The molecule has 21 heavy (non-hydrogen) atoms. The van der Waals surface area contributed by atoms with Gasteiger partial charge in [0.1, 0.15) is 0 Å². The lowest BCUT2D eigenvalue weighted by molar-refractivity contribution is 0.403. The van der Waals surface area contributed by atoms with Crippen LogP contribution in [0.3, 0.4) is 0 Å². The molecule has 4 rings (SSSR count). The first-order valence-corrected chi connectivity index (χ1v) is 11.8. The second-order valence-electron chi connectivity index (χ2n) is 9.67. The van der Waals surface area contributed by atoms with Gasteiger partial charge in [-0.2, -0.15) is 0 Å². The summed E-state index contributed by atoms with van der Waals surface area (Å²) in [6.45, 7) is 15.0. The van der Waals surface area contributed by atoms with Crippen molar-refractivity contribution in [2.24, 2.45) is 0 Å². The number of hydrogen-bond donors (Lipinski definition) is 0. The lowest BCUT2D eigenvalue weighted by atomic mass is 9.66. The van der Waals surface area contributed by atoms with Gasteiger partial charge in [-0.15, -0.1) is 0 Å². The molecule has 0 bridgehead atoms. The molecule has 1 aromatic rings. The second-order valence-corrected chi connectivity index (χ2v) is 14.2. The minimum Gasteiger partial charge on any atom is -0.0652 e. The smallest absolute Gasteiger partial charge is 0.0652 e. The fraction of sp³-hybridized carbons (Fsp3) is 0.700. The Balaban J connectivity index is 2.11. The monoisotopic (exact) mass is 298 g/mol. The molecule has 0 N–H and O–H groups in total. The Morgan fingerprint density at radius 2 is 1.81 bits per heavy atom. The van der Waals surface area contributed by atoms with E-state index >= 15 is 0 Å². The molecule has 2 heterocycles. The predicted molar refractivity (Wildman–Crippen MR) is 94.7 cm³/mol. The summed E-state index contributed by atoms with van der Waals surface area (Å²) >= 11 is 0. The molecule has 2 aliphatic heterocycles. The van der Waals surface area contributed by atoms with Crippen molar-refractivity contribution in [1.29, 1.82) is 0 Å². The van der Waals surface area contributed by atoms with Crippen LogP contribution in [-0.4, -0.2) is 8.07 Å². The van der Waals surface area contributed by atoms with Gasteiger partial charge in [0.25, 0.3) is 0 Å². The maximum atomic E-state index is 2.70. The lowest BCUT2D eigenvalue weighted by Gasteiger charge is -2.43. The summed E-state index contributed by atoms with van der Waals surface area (Å²) in [5.41, 5.74) is 7.75. The lowest BCUT2D eigenvalue weighted by Crippen LogP contribution is -2.51. The van der Waals surface area contributed by atoms with Crippen LogP contribution in [0.25, 0.3) is 0 Å². The fourth-order valence-corrected chi connectivity index (χ4v) is 11.3. The van der Waals surface area contributed by atoms with Gasteiger partial charge in [-0.3, -0.25) is 0 Å². The maximum Gasteiger partial charge on any atom is 0.0850 e. The Bertz CT molecular complexity index is 638. The van der Waals surface area contributed by atoms with Crippen molar-refractivity contribution in [2.45, 2.75) is 89.3 Å². The molecule has 3 aliphatic rings. The first kappa shape index (κ1) is 14.1. The van der Waals surface area contributed by atoms with Gasteiger partial charge in [0.05, 0.1) is 8.07 Å². The third-order valence-electron chi connectivity index (χ3n) is 7.10. The van der Waals surface area contributed by atoms with Crippen molar-refractivity contribution in [3.63, 3.8) is 0 Å². The molecule has 0 amide bonds. The van der Waals surface area contributed by atoms with E-state index in [0.717, 1.165) is 5.92 Å². The molecular formula is C20H30Si. The fourth-order valence-electron chi connectivity index (χ4n) is 5.94. The molecule has 1 heteroatoms. The standard InChI is InChI=1S/C20H30Si/c1-13-11-15-18-16-14(7-8-20(4,5)17(13)16)12-21(18,6)10-9-19(15,2)3/h11,14H,7-10,12H2,1-6H3. The van der Waals surface area contributed by atoms with Crippen LogP contribution in [0.2, 0.25) is 18.6 Å². The first-order valence-electron chi connectivity index (χ1n) is 8.85. The second kappa shape index (κ2) is 3.85. The maximum absolute atomic E-state index is 2.70. The Labute approximate surface area is 131 Å². The van der Waals surface area contributed by atoms with Crippen molar-refractivity contribution in [2.75, 3.05) is 0 Å². The molecular weight excluding hydrogens is 268 g/mol. The van der Waals surface area contributed by atoms with E-state index in [-0.39, 0.29) is 0 Å². The van der Waals surface area contributed by atoms with Gasteiger partial charge in [-0.05, 0) is 71.2 Å². The molecule has 114 valence electrons. The Hall–Kier alpha value is -0.563. The van der Waals surface area contributed by atoms with Crippen molar-refractivity contribution < 1.29 is 0 Å². The van der Waals surface area contributed by atoms with Crippen LogP contribution in [-0.2, 0) is 10.8 Å². The van der Waals surface area contributed by atoms with Crippen molar-refractivity contribution in [3.8, 4) is 0 Å². The largest absolute Gasteiger partial charge is 0.0850 e. The quantitative estimate of drug-likeness (QED) is 0.582. The summed E-state index contributed by atoms with van der Waals surface area (Å²) in [5, 5.41) is 1.93. The van der Waals surface area contributed by atoms with Gasteiger partial charge in [-0.25, -0.2) is 0 Å². The van der Waals surface area contributed by atoms with Crippen LogP contribution in [0.15, 0.2) is 6.07 Å². The Morgan fingerprint density at radius 1 is 1.10 bits per heavy atom. The molecule has 0 aromatic heterocycles. The highest BCUT2D eigenvalue weighted by Gasteiger charge is 2.52. The summed E-state index contributed by atoms with van der Waals surface area (Å²) < 4.78 is 0. The molecule has 0 radical (unpaired) electrons. The zero-order valence-electron chi connectivity index (χ0n) is 14.7. The van der Waals surface area contributed by atoms with E-state index in [1.165, 1.54) is 25.3 Å². The molecule has 1 aromatic carbocycles. The molecule has 0 fully saturated rings. The highest BCUT2D eigenvalue weighted by molar-refractivity contribution is 6.93. The molecule has 1 aliphatic carbocycles. The SMILES string of the molecule is Cc1cc2c3c4c1C(C)(C)CCC4C[Si]3(C)CCC2(C)C. The topological polar surface area (TPSA) is 0 Å². The van der Waals surface area contributed by atoms with Crippen molar-refractivity contribution in [1.82, 2.24) is 0 Å². The van der Waals surface area contributed by atoms with Gasteiger partial charge in [0, 0.05) is 0 Å². The summed E-state index contributed by atoms with van der Waals surface area (Å²) in [6, 6.07) is 5.69. The van der Waals surface area contributed by atoms with Crippen LogP contribution < -0.4 is 5.19 Å². The van der Waals surface area contributed by atoms with Crippen LogP contribution in [0, 0.1) is 6.92 Å². The molecule has 0 saturated carbocycles. The van der Waals surface area contributed by atoms with E-state index in [0.29, 0.717) is 10.8 Å². The van der Waals surface area contributed by atoms with Gasteiger partial charge >= 0.3 is 0 Å². The Kier molecular flexibility index (Phi) is 2.58. The number of benzene rings is 1. The minimum atomic E-state index is -1.19. The van der Waals surface area contributed by atoms with Gasteiger partial charge in [-0.1, -0.05) is 51.5 Å². The number of hydrogen-bond acceptors (Lipinski definition) is 0. The average Bonchev–Trinajstić information content (AvgIpc) is 2.67. The van der Waals surface area contributed by atoms with Gasteiger partial charge in [0.15, 0.2) is 0 Å². The minimum absolute atomic E-state index is 0.395. The van der Waals surface area contributed by atoms with Crippen LogP contribution in [0.4, 0.5) is 0 Å². The Morgan fingerprint density at radius 3 is 2.52 bits per heavy atom. The summed E-state index contributed by atoms with van der Waals surface area (Å²) in [7, 11) is -1.19. The third-order valence-corrected chi connectivity index (χ3v) is 11.6. The molecule has 0 spiro atoms. The van der Waals surface area contributed by atoms with E-state index in [1.54, 1.807) is 22.7 Å². The van der Waals surface area contributed by atoms with Crippen molar-refractivity contribution >= 4 is 13.3 Å². The van der Waals surface area contributed by atoms with Crippen LogP contribution >= 0.6 is 0 Å². The summed E-state index contributed by atoms with van der Waals surface area (Å²) in [5.74, 6) is 0.909. The van der Waals surface area contributed by atoms with Crippen molar-refractivity contribution in [3.05, 3.63) is 28.3 Å². The molecule has 0 saturated heterocycles. The molecule has 2 atom stereocenters.